The zero-order chi connectivity index (χ0) is 15.7. The maximum Gasteiger partial charge on any atom is 0.270 e. The fourth-order valence-electron chi connectivity index (χ4n) is 2.68. The average molecular weight is 300 g/mol. The molecule has 2 N–H and O–H groups in total. The van der Waals surface area contributed by atoms with E-state index < -0.39 is 0 Å². The molecule has 0 atom stereocenters. The van der Waals surface area contributed by atoms with Crippen molar-refractivity contribution in [1.82, 2.24) is 14.9 Å². The van der Waals surface area contributed by atoms with E-state index in [2.05, 4.69) is 21.9 Å². The average Bonchev–Trinajstić information content (AvgIpc) is 3.15. The van der Waals surface area contributed by atoms with Gasteiger partial charge in [-0.1, -0.05) is 6.08 Å². The molecule has 1 amide bonds. The Hall–Kier alpha value is -2.63. The van der Waals surface area contributed by atoms with Gasteiger partial charge in [0, 0.05) is 43.0 Å². The van der Waals surface area contributed by atoms with Gasteiger partial charge < -0.3 is 15.2 Å². The summed E-state index contributed by atoms with van der Waals surface area (Å²) in [7, 11) is 1.69. The molecule has 114 valence electrons. The molecule has 0 spiro atoms. The smallest absolute Gasteiger partial charge is 0.270 e. The van der Waals surface area contributed by atoms with Gasteiger partial charge in [0.15, 0.2) is 0 Å². The summed E-state index contributed by atoms with van der Waals surface area (Å²) in [6.07, 6.45) is 5.25. The lowest BCUT2D eigenvalue weighted by Gasteiger charge is -2.13. The lowest BCUT2D eigenvalue weighted by molar-refractivity contribution is 0.0805. The molecule has 0 aromatic carbocycles. The van der Waals surface area contributed by atoms with E-state index in [1.54, 1.807) is 25.4 Å². The van der Waals surface area contributed by atoms with Crippen LogP contribution in [0.25, 0.3) is 11.1 Å². The Kier molecular flexibility index (Phi) is 3.66. The molecular weight excluding hydrogens is 283 g/mol. The van der Waals surface area contributed by atoms with E-state index >= 15 is 0 Å². The first kappa shape index (κ1) is 14.3. The van der Waals surface area contributed by atoms with E-state index in [9.17, 15) is 9.18 Å². The first-order valence-electron chi connectivity index (χ1n) is 7.08. The molecule has 0 bridgehead atoms. The quantitative estimate of drug-likeness (QED) is 0.853. The SMILES string of the molecule is C=CCN(C)C(=O)c1cc(-c2c(F)cnc3c2CCN3)c[nH]1. The van der Waals surface area contributed by atoms with Crippen LogP contribution in [0.4, 0.5) is 10.2 Å². The van der Waals surface area contributed by atoms with Crippen molar-refractivity contribution in [3.05, 3.63) is 48.2 Å². The van der Waals surface area contributed by atoms with Crippen LogP contribution in [0.1, 0.15) is 16.1 Å². The Morgan fingerprint density at radius 1 is 1.59 bits per heavy atom. The number of H-pyrrole nitrogens is 1. The molecule has 0 radical (unpaired) electrons. The van der Waals surface area contributed by atoms with Gasteiger partial charge in [0.2, 0.25) is 0 Å². The number of anilines is 1. The number of nitrogens with zero attached hydrogens (tertiary/aromatic N) is 2. The van der Waals surface area contributed by atoms with Crippen molar-refractivity contribution in [3.8, 4) is 11.1 Å². The van der Waals surface area contributed by atoms with E-state index in [0.717, 1.165) is 18.5 Å². The van der Waals surface area contributed by atoms with Gasteiger partial charge in [-0.3, -0.25) is 4.79 Å². The van der Waals surface area contributed by atoms with Crippen LogP contribution >= 0.6 is 0 Å². The largest absolute Gasteiger partial charge is 0.369 e. The van der Waals surface area contributed by atoms with E-state index in [1.165, 1.54) is 11.1 Å². The summed E-state index contributed by atoms with van der Waals surface area (Å²) in [5, 5.41) is 3.13. The number of rotatable bonds is 4. The Morgan fingerprint density at radius 3 is 3.18 bits per heavy atom. The van der Waals surface area contributed by atoms with Gasteiger partial charge >= 0.3 is 0 Å². The summed E-state index contributed by atoms with van der Waals surface area (Å²) in [6, 6.07) is 1.68. The van der Waals surface area contributed by atoms with Crippen molar-refractivity contribution < 1.29 is 9.18 Å². The second-order valence-electron chi connectivity index (χ2n) is 5.26. The number of amides is 1. The molecule has 1 aliphatic heterocycles. The van der Waals surface area contributed by atoms with Gasteiger partial charge in [-0.05, 0) is 12.5 Å². The highest BCUT2D eigenvalue weighted by Gasteiger charge is 2.22. The summed E-state index contributed by atoms with van der Waals surface area (Å²) in [6.45, 7) is 4.81. The molecule has 2 aromatic rings. The number of aromatic amines is 1. The Labute approximate surface area is 127 Å². The Bertz CT molecular complexity index is 738. The fourth-order valence-corrected chi connectivity index (χ4v) is 2.68. The molecule has 22 heavy (non-hydrogen) atoms. The molecule has 3 rings (SSSR count). The molecule has 3 heterocycles. The van der Waals surface area contributed by atoms with Crippen LogP contribution < -0.4 is 5.32 Å². The monoisotopic (exact) mass is 300 g/mol. The number of pyridine rings is 1. The number of nitrogens with one attached hydrogen (secondary N) is 2. The summed E-state index contributed by atoms with van der Waals surface area (Å²) in [4.78, 5) is 20.8. The van der Waals surface area contributed by atoms with E-state index in [0.29, 0.717) is 29.2 Å². The minimum Gasteiger partial charge on any atom is -0.369 e. The van der Waals surface area contributed by atoms with Gasteiger partial charge in [0.1, 0.15) is 17.3 Å². The van der Waals surface area contributed by atoms with E-state index in [4.69, 9.17) is 0 Å². The molecule has 0 unspecified atom stereocenters. The van der Waals surface area contributed by atoms with Crippen molar-refractivity contribution in [2.24, 2.45) is 0 Å². The third-order valence-corrected chi connectivity index (χ3v) is 3.75. The molecule has 6 heteroatoms. The van der Waals surface area contributed by atoms with E-state index in [1.807, 2.05) is 0 Å². The fraction of sp³-hybridized carbons (Fsp3) is 0.250. The molecule has 0 saturated carbocycles. The maximum atomic E-state index is 14.2. The van der Waals surface area contributed by atoms with Crippen molar-refractivity contribution >= 4 is 11.7 Å². The molecule has 0 fully saturated rings. The molecule has 0 aliphatic carbocycles. The van der Waals surface area contributed by atoms with Gasteiger partial charge in [-0.15, -0.1) is 6.58 Å². The minimum atomic E-state index is -0.375. The maximum absolute atomic E-state index is 14.2. The zero-order valence-corrected chi connectivity index (χ0v) is 12.3. The first-order chi connectivity index (χ1) is 10.6. The molecule has 2 aromatic heterocycles. The van der Waals surface area contributed by atoms with Crippen LogP contribution in [0, 0.1) is 5.82 Å². The molecule has 1 aliphatic rings. The highest BCUT2D eigenvalue weighted by molar-refractivity contribution is 5.94. The number of carbonyl (C=O) groups is 1. The Balaban J connectivity index is 1.97. The van der Waals surface area contributed by atoms with Crippen molar-refractivity contribution in [3.63, 3.8) is 0 Å². The third-order valence-electron chi connectivity index (χ3n) is 3.75. The summed E-state index contributed by atoms with van der Waals surface area (Å²) < 4.78 is 14.2. The Morgan fingerprint density at radius 2 is 2.41 bits per heavy atom. The van der Waals surface area contributed by atoms with E-state index in [-0.39, 0.29) is 11.7 Å². The summed E-state index contributed by atoms with van der Waals surface area (Å²) >= 11 is 0. The first-order valence-corrected chi connectivity index (χ1v) is 7.08. The zero-order valence-electron chi connectivity index (χ0n) is 12.3. The van der Waals surface area contributed by atoms with Crippen LogP contribution in [-0.4, -0.2) is 40.9 Å². The third kappa shape index (κ3) is 2.36. The second-order valence-corrected chi connectivity index (χ2v) is 5.26. The molecule has 5 nitrogen and oxygen atoms in total. The van der Waals surface area contributed by atoms with Crippen molar-refractivity contribution in [2.45, 2.75) is 6.42 Å². The van der Waals surface area contributed by atoms with Crippen LogP contribution in [0.15, 0.2) is 31.1 Å². The van der Waals surface area contributed by atoms with Crippen molar-refractivity contribution in [2.75, 3.05) is 25.5 Å². The van der Waals surface area contributed by atoms with Gasteiger partial charge in [-0.2, -0.15) is 0 Å². The van der Waals surface area contributed by atoms with Gasteiger partial charge in [0.05, 0.1) is 6.20 Å². The summed E-state index contributed by atoms with van der Waals surface area (Å²) in [5.74, 6) is 0.185. The summed E-state index contributed by atoms with van der Waals surface area (Å²) in [5.41, 5.74) is 2.46. The second kappa shape index (κ2) is 5.63. The topological polar surface area (TPSA) is 61.0 Å². The minimum absolute atomic E-state index is 0.157. The predicted octanol–water partition coefficient (Wildman–Crippen LogP) is 2.44. The number of likely N-dealkylation sites (N-methyl/N-ethyl adjacent to an activating group) is 1. The number of halogens is 1. The van der Waals surface area contributed by atoms with Crippen LogP contribution in [0.2, 0.25) is 0 Å². The normalized spacial score (nSPS) is 12.6. The molecular formula is C16H17FN4O. The number of hydrogen-bond donors (Lipinski definition) is 2. The number of carbonyl (C=O) groups excluding carboxylic acids is 1. The lowest BCUT2D eigenvalue weighted by atomic mass is 10.0. The highest BCUT2D eigenvalue weighted by Crippen LogP contribution is 2.33. The van der Waals surface area contributed by atoms with Crippen molar-refractivity contribution in [1.29, 1.82) is 0 Å². The number of fused-ring (bicyclic) bond motifs is 1. The van der Waals surface area contributed by atoms with Crippen LogP contribution in [-0.2, 0) is 6.42 Å². The van der Waals surface area contributed by atoms with Crippen LogP contribution in [0.5, 0.6) is 0 Å². The van der Waals surface area contributed by atoms with Gasteiger partial charge in [0.25, 0.3) is 5.91 Å². The predicted molar refractivity (Wildman–Crippen MR) is 83.3 cm³/mol. The standard InChI is InChI=1S/C16H17FN4O/c1-3-6-21(2)16(22)13-7-10(8-19-13)14-11-4-5-18-15(11)20-9-12(14)17/h3,7-9,19H,1,4-6H2,2H3,(H,18,20). The number of aromatic nitrogens is 2. The number of hydrogen-bond acceptors (Lipinski definition) is 3. The molecule has 0 saturated heterocycles. The van der Waals surface area contributed by atoms with Crippen LogP contribution in [0.3, 0.4) is 0 Å². The van der Waals surface area contributed by atoms with Gasteiger partial charge in [-0.25, -0.2) is 9.37 Å². The lowest BCUT2D eigenvalue weighted by Crippen LogP contribution is -2.26. The highest BCUT2D eigenvalue weighted by atomic mass is 19.1.